The second kappa shape index (κ2) is 6.37. The molecule has 2 rings (SSSR count). The summed E-state index contributed by atoms with van der Waals surface area (Å²) in [6.07, 6.45) is -5.74. The predicted octanol–water partition coefficient (Wildman–Crippen LogP) is 3.17. The topological polar surface area (TPSA) is 46.6 Å². The summed E-state index contributed by atoms with van der Waals surface area (Å²) in [5.74, 6) is -2.65. The molecule has 1 aromatic rings. The lowest BCUT2D eigenvalue weighted by atomic mass is 10.0. The molecule has 0 bridgehead atoms. The zero-order valence-corrected chi connectivity index (χ0v) is 12.0. The van der Waals surface area contributed by atoms with E-state index in [0.717, 1.165) is 17.4 Å². The number of cyclic esters (lactones) is 1. The van der Waals surface area contributed by atoms with E-state index >= 15 is 0 Å². The van der Waals surface area contributed by atoms with Gasteiger partial charge in [-0.3, -0.25) is 4.79 Å². The molecule has 1 aliphatic rings. The minimum atomic E-state index is -4.46. The van der Waals surface area contributed by atoms with Crippen LogP contribution in [0.2, 0.25) is 0 Å². The number of alkyl halides is 3. The van der Waals surface area contributed by atoms with Crippen molar-refractivity contribution in [3.05, 3.63) is 35.9 Å². The molecular formula is C15H16F3NO3. The van der Waals surface area contributed by atoms with E-state index in [9.17, 15) is 22.8 Å². The highest BCUT2D eigenvalue weighted by Gasteiger charge is 2.42. The van der Waals surface area contributed by atoms with Crippen LogP contribution < -0.4 is 0 Å². The maximum absolute atomic E-state index is 12.6. The highest BCUT2D eigenvalue weighted by Crippen LogP contribution is 2.30. The highest BCUT2D eigenvalue weighted by atomic mass is 19.4. The largest absolute Gasteiger partial charge is 0.447 e. The number of amides is 2. The molecule has 0 N–H and O–H groups in total. The summed E-state index contributed by atoms with van der Waals surface area (Å²) in [5.41, 5.74) is 0.882. The summed E-state index contributed by atoms with van der Waals surface area (Å²) in [6, 6.07) is 8.53. The minimum absolute atomic E-state index is 0.000133. The molecule has 1 aliphatic heterocycles. The number of hydrogen-bond acceptors (Lipinski definition) is 3. The zero-order valence-electron chi connectivity index (χ0n) is 12.0. The zero-order chi connectivity index (χ0) is 16.3. The first-order valence-corrected chi connectivity index (χ1v) is 6.88. The molecule has 0 aliphatic carbocycles. The van der Waals surface area contributed by atoms with Crippen molar-refractivity contribution in [2.24, 2.45) is 5.92 Å². The van der Waals surface area contributed by atoms with E-state index in [-0.39, 0.29) is 6.61 Å². The Labute approximate surface area is 125 Å². The molecule has 7 heteroatoms. The maximum Gasteiger partial charge on any atom is 0.416 e. The van der Waals surface area contributed by atoms with Gasteiger partial charge in [0.15, 0.2) is 0 Å². The monoisotopic (exact) mass is 315 g/mol. The summed E-state index contributed by atoms with van der Waals surface area (Å²) < 4.78 is 42.5. The Hall–Kier alpha value is -2.05. The number of rotatable bonds is 4. The molecule has 0 saturated carbocycles. The van der Waals surface area contributed by atoms with E-state index in [1.165, 1.54) is 0 Å². The van der Waals surface area contributed by atoms with Gasteiger partial charge in [0.2, 0.25) is 5.91 Å². The molecule has 4 nitrogen and oxygen atoms in total. The van der Waals surface area contributed by atoms with Crippen molar-refractivity contribution in [1.29, 1.82) is 0 Å². The van der Waals surface area contributed by atoms with E-state index in [0.29, 0.717) is 6.42 Å². The lowest BCUT2D eigenvalue weighted by Crippen LogP contribution is -2.41. The Morgan fingerprint density at radius 1 is 1.36 bits per heavy atom. The summed E-state index contributed by atoms with van der Waals surface area (Å²) in [5, 5.41) is 0. The van der Waals surface area contributed by atoms with Gasteiger partial charge in [-0.2, -0.15) is 13.2 Å². The Morgan fingerprint density at radius 2 is 2.00 bits per heavy atom. The third kappa shape index (κ3) is 3.78. The molecule has 0 spiro atoms. The van der Waals surface area contributed by atoms with Gasteiger partial charge in [0.05, 0.1) is 12.0 Å². The van der Waals surface area contributed by atoms with Crippen LogP contribution in [0.15, 0.2) is 30.3 Å². The smallest absolute Gasteiger partial charge is 0.416 e. The quantitative estimate of drug-likeness (QED) is 0.857. The fourth-order valence-electron chi connectivity index (χ4n) is 2.28. The van der Waals surface area contributed by atoms with Gasteiger partial charge in [-0.25, -0.2) is 9.69 Å². The summed E-state index contributed by atoms with van der Waals surface area (Å²) >= 11 is 0. The first kappa shape index (κ1) is 16.3. The SMILES string of the molecule is C[C@@H](CC(=O)N1C(=O)OC[C@@H]1Cc1ccccc1)C(F)(F)F. The maximum atomic E-state index is 12.6. The number of imide groups is 1. The fraction of sp³-hybridized carbons (Fsp3) is 0.467. The van der Waals surface area contributed by atoms with Crippen LogP contribution in [0.3, 0.4) is 0 Å². The standard InChI is InChI=1S/C15H16F3NO3/c1-10(15(16,17)18)7-13(20)19-12(9-22-14(19)21)8-11-5-3-2-4-6-11/h2-6,10,12H,7-9H2,1H3/t10-,12-/m0/s1. The number of halogens is 3. The van der Waals surface area contributed by atoms with Gasteiger partial charge in [-0.1, -0.05) is 37.3 Å². The number of benzene rings is 1. The van der Waals surface area contributed by atoms with E-state index in [1.807, 2.05) is 30.3 Å². The Balaban J connectivity index is 2.06. The van der Waals surface area contributed by atoms with Gasteiger partial charge in [-0.05, 0) is 12.0 Å². The lowest BCUT2D eigenvalue weighted by molar-refractivity contribution is -0.176. The van der Waals surface area contributed by atoms with Crippen molar-refractivity contribution >= 4 is 12.0 Å². The molecule has 0 radical (unpaired) electrons. The van der Waals surface area contributed by atoms with Crippen molar-refractivity contribution in [2.75, 3.05) is 6.61 Å². The Bertz CT molecular complexity index is 545. The average Bonchev–Trinajstić information content (AvgIpc) is 2.79. The predicted molar refractivity (Wildman–Crippen MR) is 72.0 cm³/mol. The molecule has 22 heavy (non-hydrogen) atoms. The van der Waals surface area contributed by atoms with Crippen molar-refractivity contribution in [3.63, 3.8) is 0 Å². The second-order valence-corrected chi connectivity index (χ2v) is 5.33. The molecule has 2 atom stereocenters. The lowest BCUT2D eigenvalue weighted by Gasteiger charge is -2.22. The van der Waals surface area contributed by atoms with Crippen LogP contribution in [-0.4, -0.2) is 35.7 Å². The van der Waals surface area contributed by atoms with Gasteiger partial charge >= 0.3 is 12.3 Å². The van der Waals surface area contributed by atoms with Crippen LogP contribution in [0.5, 0.6) is 0 Å². The van der Waals surface area contributed by atoms with Crippen LogP contribution in [0.25, 0.3) is 0 Å². The molecular weight excluding hydrogens is 299 g/mol. The molecule has 1 fully saturated rings. The molecule has 1 aromatic carbocycles. The Morgan fingerprint density at radius 3 is 2.59 bits per heavy atom. The fourth-order valence-corrected chi connectivity index (χ4v) is 2.28. The number of carbonyl (C=O) groups excluding carboxylic acids is 2. The second-order valence-electron chi connectivity index (χ2n) is 5.33. The van der Waals surface area contributed by atoms with Gasteiger partial charge in [0.25, 0.3) is 0 Å². The van der Waals surface area contributed by atoms with Gasteiger partial charge in [0, 0.05) is 6.42 Å². The summed E-state index contributed by atoms with van der Waals surface area (Å²) in [4.78, 5) is 24.5. The van der Waals surface area contributed by atoms with Crippen LogP contribution in [-0.2, 0) is 16.0 Å². The van der Waals surface area contributed by atoms with Crippen LogP contribution in [0.1, 0.15) is 18.9 Å². The van der Waals surface area contributed by atoms with Gasteiger partial charge in [0.1, 0.15) is 6.61 Å². The van der Waals surface area contributed by atoms with Crippen LogP contribution >= 0.6 is 0 Å². The first-order chi connectivity index (χ1) is 10.3. The average molecular weight is 315 g/mol. The van der Waals surface area contributed by atoms with Crippen LogP contribution in [0, 0.1) is 5.92 Å². The molecule has 120 valence electrons. The van der Waals surface area contributed by atoms with E-state index in [2.05, 4.69) is 0 Å². The third-order valence-electron chi connectivity index (χ3n) is 3.58. The van der Waals surface area contributed by atoms with Crippen LogP contribution in [0.4, 0.5) is 18.0 Å². The van der Waals surface area contributed by atoms with Gasteiger partial charge in [-0.15, -0.1) is 0 Å². The van der Waals surface area contributed by atoms with Crippen molar-refractivity contribution < 1.29 is 27.5 Å². The number of ether oxygens (including phenoxy) is 1. The van der Waals surface area contributed by atoms with Crippen molar-refractivity contribution in [1.82, 2.24) is 4.90 Å². The molecule has 2 amide bonds. The Kier molecular flexibility index (Phi) is 4.73. The minimum Gasteiger partial charge on any atom is -0.447 e. The van der Waals surface area contributed by atoms with E-state index in [1.54, 1.807) is 0 Å². The van der Waals surface area contributed by atoms with E-state index < -0.39 is 36.6 Å². The third-order valence-corrected chi connectivity index (χ3v) is 3.58. The van der Waals surface area contributed by atoms with Crippen molar-refractivity contribution in [2.45, 2.75) is 32.0 Å². The summed E-state index contributed by atoms with van der Waals surface area (Å²) in [6.45, 7) is 0.922. The molecule has 1 heterocycles. The first-order valence-electron chi connectivity index (χ1n) is 6.88. The number of nitrogens with zero attached hydrogens (tertiary/aromatic N) is 1. The van der Waals surface area contributed by atoms with Crippen molar-refractivity contribution in [3.8, 4) is 0 Å². The number of carbonyl (C=O) groups is 2. The highest BCUT2D eigenvalue weighted by molar-refractivity contribution is 5.93. The molecule has 1 saturated heterocycles. The summed E-state index contributed by atoms with van der Waals surface area (Å²) in [7, 11) is 0. The number of hydrogen-bond donors (Lipinski definition) is 0. The molecule has 0 aromatic heterocycles. The van der Waals surface area contributed by atoms with E-state index in [4.69, 9.17) is 4.74 Å². The molecule has 0 unspecified atom stereocenters. The normalized spacial score (nSPS) is 19.9. The van der Waals surface area contributed by atoms with Gasteiger partial charge < -0.3 is 4.74 Å².